The van der Waals surface area contributed by atoms with Gasteiger partial charge in [-0.1, -0.05) is 115 Å². The van der Waals surface area contributed by atoms with E-state index in [2.05, 4.69) is 168 Å². The zero-order valence-electron chi connectivity index (χ0n) is 23.5. The predicted molar refractivity (Wildman–Crippen MR) is 178 cm³/mol. The monoisotopic (exact) mass is 538 g/mol. The molecule has 1 aliphatic rings. The first-order valence-corrected chi connectivity index (χ1v) is 14.7. The van der Waals surface area contributed by atoms with E-state index in [1.807, 2.05) is 0 Å². The molecule has 0 spiro atoms. The molecular formula is C40H30N2. The number of nitrogens with zero attached hydrogens (tertiary/aromatic N) is 2. The Kier molecular flexibility index (Phi) is 5.79. The molecule has 0 aliphatic carbocycles. The van der Waals surface area contributed by atoms with E-state index < -0.39 is 0 Å². The third-order valence-electron chi connectivity index (χ3n) is 8.49. The maximum atomic E-state index is 2.49. The summed E-state index contributed by atoms with van der Waals surface area (Å²) in [6.07, 6.45) is 0. The zero-order chi connectivity index (χ0) is 28.0. The maximum absolute atomic E-state index is 2.49. The van der Waals surface area contributed by atoms with Gasteiger partial charge in [0.2, 0.25) is 0 Å². The Morgan fingerprint density at radius 3 is 1.64 bits per heavy atom. The minimum atomic E-state index is 0.897. The summed E-state index contributed by atoms with van der Waals surface area (Å²) in [6.45, 7) is 3.15. The Hall–Kier alpha value is -5.34. The summed E-state index contributed by atoms with van der Waals surface area (Å²) in [5, 5.41) is 1.29. The molecule has 1 aliphatic heterocycles. The van der Waals surface area contributed by atoms with Crippen LogP contribution in [0.5, 0.6) is 0 Å². The number of anilines is 3. The summed E-state index contributed by atoms with van der Waals surface area (Å²) >= 11 is 0. The Balaban J connectivity index is 1.47. The molecule has 0 saturated carbocycles. The Labute approximate surface area is 246 Å². The van der Waals surface area contributed by atoms with Crippen molar-refractivity contribution in [2.24, 2.45) is 0 Å². The third-order valence-corrected chi connectivity index (χ3v) is 8.49. The van der Waals surface area contributed by atoms with Crippen molar-refractivity contribution in [3.05, 3.63) is 152 Å². The molecule has 0 unspecified atom stereocenters. The first-order valence-electron chi connectivity index (χ1n) is 14.7. The van der Waals surface area contributed by atoms with Crippen LogP contribution in [0.1, 0.15) is 6.92 Å². The number of benzene rings is 6. The van der Waals surface area contributed by atoms with Crippen LogP contribution in [0.3, 0.4) is 0 Å². The molecule has 200 valence electrons. The Bertz CT molecular complexity index is 2010. The van der Waals surface area contributed by atoms with E-state index in [0.717, 1.165) is 12.2 Å². The summed E-state index contributed by atoms with van der Waals surface area (Å²) in [5.41, 5.74) is 14.7. The van der Waals surface area contributed by atoms with E-state index in [9.17, 15) is 0 Å². The Morgan fingerprint density at radius 1 is 0.476 bits per heavy atom. The van der Waals surface area contributed by atoms with Crippen LogP contribution in [0.15, 0.2) is 152 Å². The number of aromatic nitrogens is 1. The van der Waals surface area contributed by atoms with E-state index in [1.165, 1.54) is 66.9 Å². The van der Waals surface area contributed by atoms with Gasteiger partial charge in [0.15, 0.2) is 0 Å². The molecule has 0 N–H and O–H groups in total. The molecule has 2 heteroatoms. The van der Waals surface area contributed by atoms with Crippen LogP contribution in [0, 0.1) is 0 Å². The van der Waals surface area contributed by atoms with Gasteiger partial charge in [-0.15, -0.1) is 0 Å². The van der Waals surface area contributed by atoms with Gasteiger partial charge >= 0.3 is 0 Å². The van der Waals surface area contributed by atoms with Crippen LogP contribution in [-0.2, 0) is 6.54 Å². The van der Waals surface area contributed by atoms with Gasteiger partial charge in [-0.2, -0.15) is 0 Å². The molecule has 0 amide bonds. The van der Waals surface area contributed by atoms with Crippen molar-refractivity contribution < 1.29 is 0 Å². The average Bonchev–Trinajstić information content (AvgIpc) is 3.33. The molecule has 6 aromatic carbocycles. The lowest BCUT2D eigenvalue weighted by molar-refractivity contribution is 0.806. The summed E-state index contributed by atoms with van der Waals surface area (Å²) in [7, 11) is 0. The van der Waals surface area contributed by atoms with Crippen LogP contribution in [-0.4, -0.2) is 4.57 Å². The quantitative estimate of drug-likeness (QED) is 0.216. The van der Waals surface area contributed by atoms with Crippen molar-refractivity contribution in [1.82, 2.24) is 4.57 Å². The van der Waals surface area contributed by atoms with Crippen molar-refractivity contribution in [2.45, 2.75) is 13.5 Å². The van der Waals surface area contributed by atoms with Gasteiger partial charge in [0.25, 0.3) is 0 Å². The molecule has 2 nitrogen and oxygen atoms in total. The number of hydrogen-bond acceptors (Lipinski definition) is 1. The van der Waals surface area contributed by atoms with E-state index >= 15 is 0 Å². The topological polar surface area (TPSA) is 8.17 Å². The van der Waals surface area contributed by atoms with Gasteiger partial charge in [0.05, 0.1) is 17.1 Å². The van der Waals surface area contributed by atoms with Crippen molar-refractivity contribution in [3.63, 3.8) is 0 Å². The molecule has 8 rings (SSSR count). The van der Waals surface area contributed by atoms with E-state index in [-0.39, 0.29) is 0 Å². The summed E-state index contributed by atoms with van der Waals surface area (Å²) in [5.74, 6) is 0. The van der Waals surface area contributed by atoms with Crippen LogP contribution in [0.25, 0.3) is 55.5 Å². The van der Waals surface area contributed by atoms with Crippen molar-refractivity contribution >= 4 is 28.0 Å². The van der Waals surface area contributed by atoms with Gasteiger partial charge in [0, 0.05) is 39.8 Å². The fourth-order valence-electron chi connectivity index (χ4n) is 6.68. The van der Waals surface area contributed by atoms with E-state index in [0.29, 0.717) is 0 Å². The third kappa shape index (κ3) is 3.80. The normalized spacial score (nSPS) is 12.0. The number of aryl methyl sites for hydroxylation is 1. The second kappa shape index (κ2) is 9.94. The SMILES string of the molecule is CCn1c2c(c3ccccc31)-c1ccccc1N(c1cc(-c3ccccc3)cc(-c3ccccc3)c1)c1ccccc1-2. The van der Waals surface area contributed by atoms with Crippen LogP contribution in [0.4, 0.5) is 17.1 Å². The highest BCUT2D eigenvalue weighted by atomic mass is 15.2. The molecule has 0 saturated heterocycles. The fraction of sp³-hybridized carbons (Fsp3) is 0.0500. The first kappa shape index (κ1) is 24.5. The standard InChI is InChI=1S/C40H30N2/c1-2-41-36-22-12-9-19-33(36)39-34-20-10-13-23-37(34)42(38-24-14-11-21-35(38)40(39)41)32-26-30(28-15-5-3-6-16-28)25-31(27-32)29-17-7-4-8-18-29/h3-27H,2H2,1H3. The molecule has 0 radical (unpaired) electrons. The minimum Gasteiger partial charge on any atom is -0.340 e. The van der Waals surface area contributed by atoms with E-state index in [1.54, 1.807) is 0 Å². The number of fused-ring (bicyclic) bond motifs is 7. The van der Waals surface area contributed by atoms with Crippen LogP contribution in [0.2, 0.25) is 0 Å². The number of hydrogen-bond donors (Lipinski definition) is 0. The number of rotatable bonds is 4. The minimum absolute atomic E-state index is 0.897. The molecule has 1 aromatic heterocycles. The molecule has 0 atom stereocenters. The molecule has 0 bridgehead atoms. The average molecular weight is 539 g/mol. The number of para-hydroxylation sites is 3. The molecular weight excluding hydrogens is 508 g/mol. The highest BCUT2D eigenvalue weighted by molar-refractivity contribution is 6.12. The van der Waals surface area contributed by atoms with Crippen molar-refractivity contribution in [1.29, 1.82) is 0 Å². The lowest BCUT2D eigenvalue weighted by Gasteiger charge is -2.28. The van der Waals surface area contributed by atoms with Crippen molar-refractivity contribution in [2.75, 3.05) is 4.90 Å². The molecule has 2 heterocycles. The van der Waals surface area contributed by atoms with Crippen LogP contribution < -0.4 is 4.90 Å². The van der Waals surface area contributed by atoms with Gasteiger partial charge in [-0.3, -0.25) is 0 Å². The second-order valence-electron chi connectivity index (χ2n) is 10.9. The Morgan fingerprint density at radius 2 is 1.00 bits per heavy atom. The van der Waals surface area contributed by atoms with Gasteiger partial charge in [0.1, 0.15) is 0 Å². The highest BCUT2D eigenvalue weighted by Gasteiger charge is 2.30. The predicted octanol–water partition coefficient (Wildman–Crippen LogP) is 11.1. The van der Waals surface area contributed by atoms with Crippen LogP contribution >= 0.6 is 0 Å². The smallest absolute Gasteiger partial charge is 0.0592 e. The molecule has 0 fully saturated rings. The van der Waals surface area contributed by atoms with Gasteiger partial charge in [-0.05, 0) is 65.6 Å². The summed E-state index contributed by atoms with van der Waals surface area (Å²) in [6, 6.07) is 55.1. The van der Waals surface area contributed by atoms with Gasteiger partial charge in [-0.25, -0.2) is 0 Å². The second-order valence-corrected chi connectivity index (χ2v) is 10.9. The highest BCUT2D eigenvalue weighted by Crippen LogP contribution is 2.54. The lowest BCUT2D eigenvalue weighted by atomic mass is 9.97. The first-order chi connectivity index (χ1) is 20.8. The van der Waals surface area contributed by atoms with Crippen molar-refractivity contribution in [3.8, 4) is 44.6 Å². The summed E-state index contributed by atoms with van der Waals surface area (Å²) in [4.78, 5) is 2.47. The zero-order valence-corrected chi connectivity index (χ0v) is 23.5. The maximum Gasteiger partial charge on any atom is 0.0592 e. The molecule has 42 heavy (non-hydrogen) atoms. The summed E-state index contributed by atoms with van der Waals surface area (Å²) < 4.78 is 2.49. The van der Waals surface area contributed by atoms with E-state index in [4.69, 9.17) is 0 Å². The van der Waals surface area contributed by atoms with Gasteiger partial charge < -0.3 is 9.47 Å². The largest absolute Gasteiger partial charge is 0.340 e. The fourth-order valence-corrected chi connectivity index (χ4v) is 6.68. The molecule has 7 aromatic rings. The lowest BCUT2D eigenvalue weighted by Crippen LogP contribution is -2.11.